The molecule has 3 N–H and O–H groups in total. The molecule has 0 aliphatic carbocycles. The van der Waals surface area contributed by atoms with E-state index in [-0.39, 0.29) is 11.9 Å². The minimum Gasteiger partial charge on any atom is -0.368 e. The molecule has 0 bridgehead atoms. The number of amides is 1. The number of nitrogens with two attached hydrogens (primary N) is 1. The van der Waals surface area contributed by atoms with Gasteiger partial charge in [-0.2, -0.15) is 0 Å². The third kappa shape index (κ3) is 3.57. The number of nitrogens with zero attached hydrogens (tertiary/aromatic N) is 3. The summed E-state index contributed by atoms with van der Waals surface area (Å²) in [6.45, 7) is 1.92. The number of primary amides is 1. The van der Waals surface area contributed by atoms with E-state index in [1.54, 1.807) is 41.1 Å². The molecule has 0 unspecified atom stereocenters. The normalized spacial score (nSPS) is 17.0. The average Bonchev–Trinajstić information content (AvgIpc) is 3.14. The molecule has 2 aromatic carbocycles. The van der Waals surface area contributed by atoms with E-state index < -0.39 is 5.91 Å². The summed E-state index contributed by atoms with van der Waals surface area (Å²) in [5.41, 5.74) is 6.98. The van der Waals surface area contributed by atoms with Crippen LogP contribution in [0, 0.1) is 5.82 Å². The molecular weight excluding hydrogens is 349 g/mol. The first-order valence-corrected chi connectivity index (χ1v) is 8.57. The van der Waals surface area contributed by atoms with Crippen molar-refractivity contribution < 1.29 is 13.9 Å². The van der Waals surface area contributed by atoms with Crippen molar-refractivity contribution in [3.05, 3.63) is 65.7 Å². The van der Waals surface area contributed by atoms with Crippen molar-refractivity contribution in [1.82, 2.24) is 20.1 Å². The van der Waals surface area contributed by atoms with Gasteiger partial charge in [0.1, 0.15) is 11.9 Å². The minimum atomic E-state index is -0.498. The van der Waals surface area contributed by atoms with Gasteiger partial charge in [-0.3, -0.25) is 4.79 Å². The van der Waals surface area contributed by atoms with Gasteiger partial charge in [0.2, 0.25) is 5.91 Å². The summed E-state index contributed by atoms with van der Waals surface area (Å²) in [5.74, 6) is 0.187. The Morgan fingerprint density at radius 1 is 1.26 bits per heavy atom. The summed E-state index contributed by atoms with van der Waals surface area (Å²) in [6, 6.07) is 12.9. The van der Waals surface area contributed by atoms with E-state index in [2.05, 4.69) is 15.4 Å². The van der Waals surface area contributed by atoms with Gasteiger partial charge >= 0.3 is 0 Å². The Bertz CT molecular complexity index is 964. The Hall–Kier alpha value is -3.10. The summed E-state index contributed by atoms with van der Waals surface area (Å²) in [6.07, 6.45) is -0.298. The number of hydrogen-bond acceptors (Lipinski definition) is 5. The minimum absolute atomic E-state index is 0.298. The summed E-state index contributed by atoms with van der Waals surface area (Å²) in [7, 11) is 0. The molecule has 1 saturated heterocycles. The predicted molar refractivity (Wildman–Crippen MR) is 96.8 cm³/mol. The van der Waals surface area contributed by atoms with Crippen LogP contribution in [0.4, 0.5) is 4.39 Å². The van der Waals surface area contributed by atoms with Crippen molar-refractivity contribution >= 4 is 5.91 Å². The Morgan fingerprint density at radius 3 is 2.74 bits per heavy atom. The van der Waals surface area contributed by atoms with Crippen LogP contribution in [0.15, 0.2) is 48.5 Å². The number of ether oxygens (including phenoxy) is 1. The molecule has 1 atom stereocenters. The smallest absolute Gasteiger partial charge is 0.248 e. The fourth-order valence-electron chi connectivity index (χ4n) is 2.97. The van der Waals surface area contributed by atoms with Gasteiger partial charge in [0.05, 0.1) is 12.3 Å². The fourth-order valence-corrected chi connectivity index (χ4v) is 2.97. The van der Waals surface area contributed by atoms with Crippen LogP contribution in [-0.4, -0.2) is 40.4 Å². The summed E-state index contributed by atoms with van der Waals surface area (Å²) < 4.78 is 21.1. The van der Waals surface area contributed by atoms with Crippen LogP contribution in [0.25, 0.3) is 17.1 Å². The van der Waals surface area contributed by atoms with Crippen LogP contribution >= 0.6 is 0 Å². The molecule has 1 amide bonds. The second-order valence-electron chi connectivity index (χ2n) is 6.19. The van der Waals surface area contributed by atoms with Crippen molar-refractivity contribution in [3.63, 3.8) is 0 Å². The van der Waals surface area contributed by atoms with E-state index in [0.717, 1.165) is 12.1 Å². The zero-order chi connectivity index (χ0) is 18.8. The first-order chi connectivity index (χ1) is 13.1. The third-order valence-corrected chi connectivity index (χ3v) is 4.33. The quantitative estimate of drug-likeness (QED) is 0.734. The van der Waals surface area contributed by atoms with E-state index in [9.17, 15) is 9.18 Å². The van der Waals surface area contributed by atoms with Gasteiger partial charge in [-0.25, -0.2) is 14.1 Å². The Morgan fingerprint density at radius 2 is 2.07 bits per heavy atom. The van der Waals surface area contributed by atoms with Crippen LogP contribution in [0.3, 0.4) is 0 Å². The zero-order valence-corrected chi connectivity index (χ0v) is 14.4. The van der Waals surface area contributed by atoms with Gasteiger partial charge in [0, 0.05) is 24.2 Å². The van der Waals surface area contributed by atoms with Gasteiger partial charge in [0.15, 0.2) is 11.6 Å². The number of morpholine rings is 1. The van der Waals surface area contributed by atoms with Crippen LogP contribution < -0.4 is 11.1 Å². The van der Waals surface area contributed by atoms with Crippen LogP contribution in [0.2, 0.25) is 0 Å². The monoisotopic (exact) mass is 367 g/mol. The number of nitrogens with one attached hydrogen (secondary N) is 1. The lowest BCUT2D eigenvalue weighted by molar-refractivity contribution is 0.0208. The van der Waals surface area contributed by atoms with Gasteiger partial charge in [-0.15, -0.1) is 5.10 Å². The zero-order valence-electron chi connectivity index (χ0n) is 14.4. The molecule has 4 rings (SSSR count). The van der Waals surface area contributed by atoms with E-state index in [1.807, 2.05) is 0 Å². The SMILES string of the molecule is NC(=O)c1ccc(-c2nc([C@H]3CNCCO3)n(-c3cccc(F)c3)n2)cc1. The lowest BCUT2D eigenvalue weighted by Gasteiger charge is -2.23. The topological polar surface area (TPSA) is 95.1 Å². The molecule has 0 spiro atoms. The molecule has 2 heterocycles. The lowest BCUT2D eigenvalue weighted by atomic mass is 10.1. The predicted octanol–water partition coefficient (Wildman–Crippen LogP) is 1.83. The number of benzene rings is 2. The molecule has 138 valence electrons. The van der Waals surface area contributed by atoms with E-state index >= 15 is 0 Å². The molecular formula is C19H18FN5O2. The second-order valence-corrected chi connectivity index (χ2v) is 6.19. The maximum Gasteiger partial charge on any atom is 0.248 e. The van der Waals surface area contributed by atoms with Crippen molar-refractivity contribution in [2.75, 3.05) is 19.7 Å². The maximum absolute atomic E-state index is 13.7. The van der Waals surface area contributed by atoms with Crippen molar-refractivity contribution in [2.24, 2.45) is 5.73 Å². The molecule has 7 nitrogen and oxygen atoms in total. The Balaban J connectivity index is 1.78. The first-order valence-electron chi connectivity index (χ1n) is 8.57. The highest BCUT2D eigenvalue weighted by molar-refractivity contribution is 5.93. The summed E-state index contributed by atoms with van der Waals surface area (Å²) in [5, 5.41) is 7.82. The highest BCUT2D eigenvalue weighted by atomic mass is 19.1. The average molecular weight is 367 g/mol. The van der Waals surface area contributed by atoms with Gasteiger partial charge in [0.25, 0.3) is 0 Å². The number of aromatic nitrogens is 3. The fraction of sp³-hybridized carbons (Fsp3) is 0.211. The number of carbonyl (C=O) groups is 1. The molecule has 1 aliphatic heterocycles. The molecule has 27 heavy (non-hydrogen) atoms. The highest BCUT2D eigenvalue weighted by Gasteiger charge is 2.24. The van der Waals surface area contributed by atoms with Gasteiger partial charge in [-0.1, -0.05) is 18.2 Å². The highest BCUT2D eigenvalue weighted by Crippen LogP contribution is 2.25. The number of hydrogen-bond donors (Lipinski definition) is 2. The number of carbonyl (C=O) groups excluding carboxylic acids is 1. The molecule has 0 radical (unpaired) electrons. The molecule has 1 aliphatic rings. The molecule has 1 fully saturated rings. The number of rotatable bonds is 4. The Kier molecular flexibility index (Phi) is 4.66. The molecule has 1 aromatic heterocycles. The second kappa shape index (κ2) is 7.26. The maximum atomic E-state index is 13.7. The third-order valence-electron chi connectivity index (χ3n) is 4.33. The van der Waals surface area contributed by atoms with Crippen molar-refractivity contribution in [2.45, 2.75) is 6.10 Å². The Labute approximate surface area is 155 Å². The first kappa shape index (κ1) is 17.3. The van der Waals surface area contributed by atoms with E-state index in [1.165, 1.54) is 12.1 Å². The van der Waals surface area contributed by atoms with Crippen molar-refractivity contribution in [3.8, 4) is 17.1 Å². The largest absolute Gasteiger partial charge is 0.368 e. The van der Waals surface area contributed by atoms with E-state index in [4.69, 9.17) is 10.5 Å². The summed E-state index contributed by atoms with van der Waals surface area (Å²) >= 11 is 0. The molecule has 3 aromatic rings. The molecule has 0 saturated carbocycles. The lowest BCUT2D eigenvalue weighted by Crippen LogP contribution is -2.34. The summed E-state index contributed by atoms with van der Waals surface area (Å²) in [4.78, 5) is 15.9. The standard InChI is InChI=1S/C19H18FN5O2/c20-14-2-1-3-15(10-14)25-19(16-11-22-8-9-27-16)23-18(24-25)13-6-4-12(5-7-13)17(21)26/h1-7,10,16,22H,8-9,11H2,(H2,21,26)/t16-/m1/s1. The van der Waals surface area contributed by atoms with Crippen LogP contribution in [0.1, 0.15) is 22.3 Å². The van der Waals surface area contributed by atoms with Crippen molar-refractivity contribution in [1.29, 1.82) is 0 Å². The molecule has 8 heteroatoms. The van der Waals surface area contributed by atoms with Gasteiger partial charge in [-0.05, 0) is 30.3 Å². The van der Waals surface area contributed by atoms with Crippen LogP contribution in [0.5, 0.6) is 0 Å². The van der Waals surface area contributed by atoms with Gasteiger partial charge < -0.3 is 15.8 Å². The van der Waals surface area contributed by atoms with E-state index in [0.29, 0.717) is 36.1 Å². The number of halogens is 1. The van der Waals surface area contributed by atoms with Crippen LogP contribution in [-0.2, 0) is 4.74 Å².